The molecule has 0 atom stereocenters. The summed E-state index contributed by atoms with van der Waals surface area (Å²) in [7, 11) is 0. The number of nitrogens with two attached hydrogens (primary N) is 1. The molecule has 120 valence electrons. The zero-order valence-corrected chi connectivity index (χ0v) is 14.3. The van der Waals surface area contributed by atoms with Crippen molar-refractivity contribution in [3.8, 4) is 0 Å². The van der Waals surface area contributed by atoms with E-state index in [1.54, 1.807) is 11.3 Å². The first-order valence-electron chi connectivity index (χ1n) is 7.56. The van der Waals surface area contributed by atoms with E-state index in [4.69, 9.17) is 5.73 Å². The highest BCUT2D eigenvalue weighted by Crippen LogP contribution is 2.31. The van der Waals surface area contributed by atoms with Gasteiger partial charge in [-0.25, -0.2) is 0 Å². The number of thiophene rings is 1. The lowest BCUT2D eigenvalue weighted by Crippen LogP contribution is -2.14. The Hall–Kier alpha value is -1.79. The largest absolute Gasteiger partial charge is 0.369 e. The van der Waals surface area contributed by atoms with Gasteiger partial charge in [-0.05, 0) is 49.4 Å². The highest BCUT2D eigenvalue weighted by Gasteiger charge is 2.18. The molecule has 3 N–H and O–H groups in total. The summed E-state index contributed by atoms with van der Waals surface area (Å²) in [5.74, 6) is -0.265. The second-order valence-electron chi connectivity index (χ2n) is 5.47. The van der Waals surface area contributed by atoms with Crippen molar-refractivity contribution in [2.24, 2.45) is 5.73 Å². The molecule has 1 aromatic carbocycles. The van der Waals surface area contributed by atoms with Crippen molar-refractivity contribution in [2.75, 3.05) is 11.1 Å². The van der Waals surface area contributed by atoms with Crippen LogP contribution in [0.15, 0.2) is 35.2 Å². The second-order valence-corrected chi connectivity index (χ2v) is 7.63. The summed E-state index contributed by atoms with van der Waals surface area (Å²) >= 11 is 2.93. The van der Waals surface area contributed by atoms with Gasteiger partial charge in [0, 0.05) is 9.77 Å². The quantitative estimate of drug-likeness (QED) is 0.815. The van der Waals surface area contributed by atoms with Gasteiger partial charge in [-0.15, -0.1) is 23.1 Å². The Morgan fingerprint density at radius 1 is 1.22 bits per heavy atom. The van der Waals surface area contributed by atoms with Gasteiger partial charge in [0.1, 0.15) is 0 Å². The number of hydrogen-bond acceptors (Lipinski definition) is 4. The number of carbonyl (C=O) groups is 2. The van der Waals surface area contributed by atoms with E-state index in [0.29, 0.717) is 0 Å². The van der Waals surface area contributed by atoms with Crippen molar-refractivity contribution in [3.05, 3.63) is 45.6 Å². The standard InChI is InChI=1S/C17H18N2O2S2/c18-16(20)10-22-14-8-4-2-6-12(14)19-17(21)15-9-11-5-1-3-7-13(11)23-15/h2,4,6,8-9H,1,3,5,7,10H2,(H2,18,20)(H,19,21). The van der Waals surface area contributed by atoms with Gasteiger partial charge in [0.25, 0.3) is 5.91 Å². The van der Waals surface area contributed by atoms with Crippen LogP contribution in [0, 0.1) is 0 Å². The molecule has 0 fully saturated rings. The third kappa shape index (κ3) is 3.95. The van der Waals surface area contributed by atoms with Crippen molar-refractivity contribution in [3.63, 3.8) is 0 Å². The van der Waals surface area contributed by atoms with Gasteiger partial charge in [-0.3, -0.25) is 9.59 Å². The van der Waals surface area contributed by atoms with Gasteiger partial charge in [-0.1, -0.05) is 12.1 Å². The van der Waals surface area contributed by atoms with Crippen LogP contribution in [-0.4, -0.2) is 17.6 Å². The maximum atomic E-state index is 12.5. The van der Waals surface area contributed by atoms with Crippen LogP contribution in [0.5, 0.6) is 0 Å². The molecule has 2 amide bonds. The average molecular weight is 346 g/mol. The van der Waals surface area contributed by atoms with E-state index in [9.17, 15) is 9.59 Å². The molecule has 1 aliphatic carbocycles. The summed E-state index contributed by atoms with van der Waals surface area (Å²) in [4.78, 5) is 26.4. The molecule has 23 heavy (non-hydrogen) atoms. The maximum absolute atomic E-state index is 12.5. The van der Waals surface area contributed by atoms with Crippen LogP contribution in [0.4, 0.5) is 5.69 Å². The number of rotatable bonds is 5. The number of benzene rings is 1. The van der Waals surface area contributed by atoms with Crippen LogP contribution >= 0.6 is 23.1 Å². The van der Waals surface area contributed by atoms with Crippen molar-refractivity contribution in [1.82, 2.24) is 0 Å². The number of nitrogens with one attached hydrogen (secondary N) is 1. The number of carbonyl (C=O) groups excluding carboxylic acids is 2. The Balaban J connectivity index is 1.75. The highest BCUT2D eigenvalue weighted by molar-refractivity contribution is 8.00. The highest BCUT2D eigenvalue weighted by atomic mass is 32.2. The zero-order chi connectivity index (χ0) is 16.2. The molecule has 0 saturated heterocycles. The Morgan fingerprint density at radius 3 is 2.78 bits per heavy atom. The number of fused-ring (bicyclic) bond motifs is 1. The maximum Gasteiger partial charge on any atom is 0.265 e. The first-order valence-corrected chi connectivity index (χ1v) is 9.37. The molecular formula is C17H18N2O2S2. The molecule has 0 unspecified atom stereocenters. The van der Waals surface area contributed by atoms with Gasteiger partial charge in [-0.2, -0.15) is 0 Å². The Kier molecular flexibility index (Phi) is 5.03. The van der Waals surface area contributed by atoms with E-state index in [1.807, 2.05) is 30.3 Å². The molecule has 1 heterocycles. The fraction of sp³-hybridized carbons (Fsp3) is 0.294. The molecule has 2 aromatic rings. The summed E-state index contributed by atoms with van der Waals surface area (Å²) in [6.07, 6.45) is 4.57. The van der Waals surface area contributed by atoms with Crippen LogP contribution in [0.3, 0.4) is 0 Å². The number of aryl methyl sites for hydroxylation is 2. The summed E-state index contributed by atoms with van der Waals surface area (Å²) < 4.78 is 0. The molecule has 1 aliphatic rings. The zero-order valence-electron chi connectivity index (χ0n) is 12.6. The lowest BCUT2D eigenvalue weighted by Gasteiger charge is -2.09. The van der Waals surface area contributed by atoms with Gasteiger partial charge in [0.15, 0.2) is 0 Å². The van der Waals surface area contributed by atoms with Crippen molar-refractivity contribution in [1.29, 1.82) is 0 Å². The van der Waals surface area contributed by atoms with E-state index in [0.717, 1.165) is 28.3 Å². The Bertz CT molecular complexity index is 716. The number of hydrogen-bond donors (Lipinski definition) is 2. The minimum atomic E-state index is -0.373. The molecule has 6 heteroatoms. The fourth-order valence-corrected chi connectivity index (χ4v) is 4.53. The molecular weight excluding hydrogens is 328 g/mol. The number of amides is 2. The van der Waals surface area contributed by atoms with E-state index in [2.05, 4.69) is 5.32 Å². The SMILES string of the molecule is NC(=O)CSc1ccccc1NC(=O)c1cc2c(s1)CCCC2. The summed E-state index contributed by atoms with van der Waals surface area (Å²) in [6, 6.07) is 9.48. The van der Waals surface area contributed by atoms with E-state index >= 15 is 0 Å². The Labute approximate surface area is 143 Å². The topological polar surface area (TPSA) is 72.2 Å². The lowest BCUT2D eigenvalue weighted by molar-refractivity contribution is -0.115. The molecule has 4 nitrogen and oxygen atoms in total. The van der Waals surface area contributed by atoms with Crippen LogP contribution in [0.2, 0.25) is 0 Å². The third-order valence-corrected chi connectivity index (χ3v) is 6.06. The van der Waals surface area contributed by atoms with Gasteiger partial charge >= 0.3 is 0 Å². The van der Waals surface area contributed by atoms with Crippen LogP contribution in [0.1, 0.15) is 33.0 Å². The molecule has 0 aliphatic heterocycles. The normalized spacial score (nSPS) is 13.4. The van der Waals surface area contributed by atoms with Crippen LogP contribution < -0.4 is 11.1 Å². The molecule has 0 bridgehead atoms. The molecule has 0 saturated carbocycles. The minimum absolute atomic E-state index is 0.0866. The number of thioether (sulfide) groups is 1. The molecule has 3 rings (SSSR count). The van der Waals surface area contributed by atoms with Crippen molar-refractivity contribution < 1.29 is 9.59 Å². The van der Waals surface area contributed by atoms with Crippen LogP contribution in [-0.2, 0) is 17.6 Å². The summed E-state index contributed by atoms with van der Waals surface area (Å²) in [5.41, 5.74) is 7.23. The Morgan fingerprint density at radius 2 is 2.00 bits per heavy atom. The predicted octanol–water partition coefficient (Wildman–Crippen LogP) is 3.46. The van der Waals surface area contributed by atoms with Gasteiger partial charge in [0.2, 0.25) is 5.91 Å². The molecule has 0 spiro atoms. The van der Waals surface area contributed by atoms with E-state index in [1.165, 1.54) is 35.0 Å². The van der Waals surface area contributed by atoms with Crippen molar-refractivity contribution in [2.45, 2.75) is 30.6 Å². The number of anilines is 1. The molecule has 1 aromatic heterocycles. The number of para-hydroxylation sites is 1. The van der Waals surface area contributed by atoms with Gasteiger partial charge < -0.3 is 11.1 Å². The smallest absolute Gasteiger partial charge is 0.265 e. The summed E-state index contributed by atoms with van der Waals surface area (Å²) in [5, 5.41) is 2.96. The van der Waals surface area contributed by atoms with E-state index in [-0.39, 0.29) is 17.6 Å². The van der Waals surface area contributed by atoms with Crippen molar-refractivity contribution >= 4 is 40.6 Å². The fourth-order valence-electron chi connectivity index (χ4n) is 2.63. The monoisotopic (exact) mass is 346 g/mol. The van der Waals surface area contributed by atoms with E-state index < -0.39 is 0 Å². The average Bonchev–Trinajstić information content (AvgIpc) is 2.98. The minimum Gasteiger partial charge on any atom is -0.369 e. The first kappa shape index (κ1) is 16.1. The lowest BCUT2D eigenvalue weighted by atomic mass is 9.99. The second kappa shape index (κ2) is 7.19. The third-order valence-electron chi connectivity index (χ3n) is 3.73. The first-order chi connectivity index (χ1) is 11.1. The summed E-state index contributed by atoms with van der Waals surface area (Å²) in [6.45, 7) is 0. The number of primary amides is 1. The van der Waals surface area contributed by atoms with Crippen LogP contribution in [0.25, 0.3) is 0 Å². The molecule has 0 radical (unpaired) electrons. The van der Waals surface area contributed by atoms with Gasteiger partial charge in [0.05, 0.1) is 16.3 Å². The predicted molar refractivity (Wildman–Crippen MR) is 95.3 cm³/mol.